The van der Waals surface area contributed by atoms with Gasteiger partial charge in [-0.1, -0.05) is 0 Å². The van der Waals surface area contributed by atoms with E-state index >= 15 is 0 Å². The highest BCUT2D eigenvalue weighted by Gasteiger charge is 1.94. The first kappa shape index (κ1) is 10.6. The minimum Gasteiger partial charge on any atom is -0.508 e. The van der Waals surface area contributed by atoms with E-state index < -0.39 is 0 Å². The van der Waals surface area contributed by atoms with Crippen LogP contribution in [-0.4, -0.2) is 24.4 Å². The van der Waals surface area contributed by atoms with Crippen LogP contribution < -0.4 is 5.73 Å². The molecular formula is C8H13NO3. The average molecular weight is 171 g/mol. The molecule has 4 heteroatoms. The predicted octanol–water partition coefficient (Wildman–Crippen LogP) is 0.943. The molecule has 0 aliphatic carbocycles. The maximum absolute atomic E-state index is 8.82. The number of aromatic hydroxyl groups is 2. The number of hydrogen-bond acceptors (Lipinski definition) is 4. The first-order valence-electron chi connectivity index (χ1n) is 3.29. The Balaban J connectivity index is 0.000000354. The summed E-state index contributed by atoms with van der Waals surface area (Å²) in [5.74, 6) is -0.0725. The van der Waals surface area contributed by atoms with Crippen LogP contribution in [0, 0.1) is 0 Å². The van der Waals surface area contributed by atoms with Crippen LogP contribution in [-0.2, 0) is 4.74 Å². The number of hydrogen-bond donors (Lipinski definition) is 3. The summed E-state index contributed by atoms with van der Waals surface area (Å²) in [6.07, 6.45) is 0. The molecule has 0 saturated heterocycles. The van der Waals surface area contributed by atoms with Gasteiger partial charge in [-0.05, 0) is 12.1 Å². The second kappa shape index (κ2) is 5.26. The monoisotopic (exact) mass is 171 g/mol. The Morgan fingerprint density at radius 1 is 1.25 bits per heavy atom. The fourth-order valence-corrected chi connectivity index (χ4v) is 0.532. The van der Waals surface area contributed by atoms with Crippen molar-refractivity contribution in [1.29, 1.82) is 0 Å². The van der Waals surface area contributed by atoms with Crippen molar-refractivity contribution < 1.29 is 14.9 Å². The average Bonchev–Trinajstić information content (AvgIpc) is 1.99. The van der Waals surface area contributed by atoms with Gasteiger partial charge in [-0.3, -0.25) is 0 Å². The van der Waals surface area contributed by atoms with Gasteiger partial charge in [0.2, 0.25) is 0 Å². The van der Waals surface area contributed by atoms with Gasteiger partial charge in [-0.2, -0.15) is 0 Å². The van der Waals surface area contributed by atoms with E-state index in [0.29, 0.717) is 0 Å². The van der Waals surface area contributed by atoms with Crippen molar-refractivity contribution in [2.45, 2.75) is 0 Å². The van der Waals surface area contributed by atoms with E-state index in [1.807, 2.05) is 0 Å². The zero-order valence-electron chi connectivity index (χ0n) is 7.11. The van der Waals surface area contributed by atoms with Crippen LogP contribution in [0.2, 0.25) is 0 Å². The number of anilines is 1. The Labute approximate surface area is 71.2 Å². The molecule has 0 heterocycles. The number of benzene rings is 1. The zero-order valence-corrected chi connectivity index (χ0v) is 7.11. The molecule has 0 fully saturated rings. The van der Waals surface area contributed by atoms with Crippen LogP contribution >= 0.6 is 0 Å². The maximum Gasteiger partial charge on any atom is 0.142 e. The highest BCUT2D eigenvalue weighted by molar-refractivity contribution is 5.54. The number of ether oxygens (including phenoxy) is 1. The largest absolute Gasteiger partial charge is 0.508 e. The van der Waals surface area contributed by atoms with E-state index in [-0.39, 0.29) is 17.2 Å². The molecular weight excluding hydrogens is 158 g/mol. The molecule has 0 amide bonds. The molecule has 68 valence electrons. The summed E-state index contributed by atoms with van der Waals surface area (Å²) in [5, 5.41) is 17.5. The second-order valence-corrected chi connectivity index (χ2v) is 2.15. The lowest BCUT2D eigenvalue weighted by Crippen LogP contribution is -1.82. The van der Waals surface area contributed by atoms with Crippen LogP contribution in [0.5, 0.6) is 11.5 Å². The molecule has 0 spiro atoms. The molecule has 0 radical (unpaired) electrons. The molecule has 12 heavy (non-hydrogen) atoms. The van der Waals surface area contributed by atoms with Crippen LogP contribution in [0.15, 0.2) is 18.2 Å². The quantitative estimate of drug-likeness (QED) is 0.308. The van der Waals surface area contributed by atoms with Gasteiger partial charge in [0.25, 0.3) is 0 Å². The summed E-state index contributed by atoms with van der Waals surface area (Å²) in [7, 11) is 3.25. The molecule has 0 aromatic heterocycles. The minimum atomic E-state index is -0.0880. The lowest BCUT2D eigenvalue weighted by atomic mass is 10.3. The third-order valence-corrected chi connectivity index (χ3v) is 1.01. The second-order valence-electron chi connectivity index (χ2n) is 2.15. The van der Waals surface area contributed by atoms with Crippen LogP contribution in [0.3, 0.4) is 0 Å². The van der Waals surface area contributed by atoms with Gasteiger partial charge < -0.3 is 20.7 Å². The fourth-order valence-electron chi connectivity index (χ4n) is 0.532. The highest BCUT2D eigenvalue weighted by atomic mass is 16.4. The molecule has 0 unspecified atom stereocenters. The fraction of sp³-hybridized carbons (Fsp3) is 0.250. The smallest absolute Gasteiger partial charge is 0.142 e. The van der Waals surface area contributed by atoms with Crippen molar-refractivity contribution in [2.24, 2.45) is 0 Å². The maximum atomic E-state index is 8.82. The van der Waals surface area contributed by atoms with Gasteiger partial charge in [0.15, 0.2) is 0 Å². The van der Waals surface area contributed by atoms with Crippen molar-refractivity contribution in [3.63, 3.8) is 0 Å². The Hall–Kier alpha value is -1.42. The lowest BCUT2D eigenvalue weighted by molar-refractivity contribution is 0.277. The van der Waals surface area contributed by atoms with Gasteiger partial charge in [-0.25, -0.2) is 0 Å². The topological polar surface area (TPSA) is 75.7 Å². The molecule has 1 aromatic carbocycles. The van der Waals surface area contributed by atoms with Crippen LogP contribution in [0.25, 0.3) is 0 Å². The van der Waals surface area contributed by atoms with Crippen molar-refractivity contribution in [1.82, 2.24) is 0 Å². The third kappa shape index (κ3) is 3.68. The first-order valence-corrected chi connectivity index (χ1v) is 3.29. The molecule has 1 rings (SSSR count). The Kier molecular flexibility index (Phi) is 4.64. The van der Waals surface area contributed by atoms with Gasteiger partial charge in [-0.15, -0.1) is 0 Å². The van der Waals surface area contributed by atoms with Gasteiger partial charge >= 0.3 is 0 Å². The first-order chi connectivity index (χ1) is 5.61. The summed E-state index contributed by atoms with van der Waals surface area (Å²) in [6, 6.07) is 4.04. The van der Waals surface area contributed by atoms with E-state index in [1.54, 1.807) is 14.2 Å². The van der Waals surface area contributed by atoms with E-state index in [0.717, 1.165) is 0 Å². The van der Waals surface area contributed by atoms with Crippen molar-refractivity contribution in [3.05, 3.63) is 18.2 Å². The van der Waals surface area contributed by atoms with Gasteiger partial charge in [0, 0.05) is 20.3 Å². The standard InChI is InChI=1S/C6H7NO2.C2H6O/c7-5-2-1-4(8)3-6(5)9;1-3-2/h1-3,8-9H,7H2;1-2H3. The molecule has 1 aromatic rings. The van der Waals surface area contributed by atoms with Gasteiger partial charge in [0.1, 0.15) is 11.5 Å². The molecule has 0 aliphatic rings. The number of phenolic OH excluding ortho intramolecular Hbond substituents is 2. The zero-order chi connectivity index (χ0) is 9.56. The van der Waals surface area contributed by atoms with E-state index in [4.69, 9.17) is 15.9 Å². The normalized spacial score (nSPS) is 8.50. The summed E-state index contributed by atoms with van der Waals surface area (Å²) in [6.45, 7) is 0. The van der Waals surface area contributed by atoms with Crippen molar-refractivity contribution >= 4 is 5.69 Å². The summed E-state index contributed by atoms with van der Waals surface area (Å²) >= 11 is 0. The van der Waals surface area contributed by atoms with Crippen LogP contribution in [0.1, 0.15) is 0 Å². The van der Waals surface area contributed by atoms with E-state index in [2.05, 4.69) is 4.74 Å². The minimum absolute atomic E-state index is 0.0155. The summed E-state index contributed by atoms with van der Waals surface area (Å²) in [5.41, 5.74) is 5.50. The molecule has 4 N–H and O–H groups in total. The third-order valence-electron chi connectivity index (χ3n) is 1.01. The molecule has 0 bridgehead atoms. The molecule has 0 aliphatic heterocycles. The Bertz CT molecular complexity index is 238. The number of nitrogens with two attached hydrogens (primary N) is 1. The number of rotatable bonds is 0. The summed E-state index contributed by atoms with van der Waals surface area (Å²) in [4.78, 5) is 0. The van der Waals surface area contributed by atoms with E-state index in [9.17, 15) is 0 Å². The van der Waals surface area contributed by atoms with E-state index in [1.165, 1.54) is 18.2 Å². The highest BCUT2D eigenvalue weighted by Crippen LogP contribution is 2.23. The SMILES string of the molecule is COC.Nc1ccc(O)cc1O. The lowest BCUT2D eigenvalue weighted by Gasteiger charge is -1.96. The number of phenols is 2. The Morgan fingerprint density at radius 2 is 1.75 bits per heavy atom. The van der Waals surface area contributed by atoms with Crippen molar-refractivity contribution in [2.75, 3.05) is 20.0 Å². The molecule has 0 atom stereocenters. The Morgan fingerprint density at radius 3 is 2.08 bits per heavy atom. The number of methoxy groups -OCH3 is 1. The summed E-state index contributed by atoms with van der Waals surface area (Å²) < 4.78 is 4.25. The van der Waals surface area contributed by atoms with Gasteiger partial charge in [0.05, 0.1) is 5.69 Å². The number of nitrogen functional groups attached to an aromatic ring is 1. The predicted molar refractivity (Wildman–Crippen MR) is 47.1 cm³/mol. The molecule has 0 saturated carbocycles. The van der Waals surface area contributed by atoms with Crippen LogP contribution in [0.4, 0.5) is 5.69 Å². The van der Waals surface area contributed by atoms with Crippen molar-refractivity contribution in [3.8, 4) is 11.5 Å². The molecule has 4 nitrogen and oxygen atoms in total.